The Morgan fingerprint density at radius 1 is 0.963 bits per heavy atom. The van der Waals surface area contributed by atoms with Crippen molar-refractivity contribution < 1.29 is 9.59 Å². The first kappa shape index (κ1) is 17.1. The van der Waals surface area contributed by atoms with Gasteiger partial charge in [-0.15, -0.1) is 0 Å². The molecule has 0 aromatic heterocycles. The van der Waals surface area contributed by atoms with Gasteiger partial charge >= 0.3 is 0 Å². The first-order chi connectivity index (χ1) is 13.1. The average molecular weight is 357 g/mol. The largest absolute Gasteiger partial charge is 0.305 e. The molecule has 0 radical (unpaired) electrons. The highest BCUT2D eigenvalue weighted by Gasteiger charge is 2.55. The molecule has 2 aliphatic heterocycles. The molecule has 0 saturated heterocycles. The van der Waals surface area contributed by atoms with E-state index in [9.17, 15) is 9.59 Å². The van der Waals surface area contributed by atoms with E-state index in [1.165, 1.54) is 0 Å². The first-order valence-electron chi connectivity index (χ1n) is 8.81. The highest BCUT2D eigenvalue weighted by atomic mass is 16.2. The van der Waals surface area contributed by atoms with E-state index in [1.807, 2.05) is 67.6 Å². The monoisotopic (exact) mass is 357 g/mol. The van der Waals surface area contributed by atoms with Gasteiger partial charge in [-0.05, 0) is 30.5 Å². The molecule has 1 atom stereocenters. The zero-order valence-electron chi connectivity index (χ0n) is 15.2. The van der Waals surface area contributed by atoms with E-state index in [-0.39, 0.29) is 11.6 Å². The summed E-state index contributed by atoms with van der Waals surface area (Å²) in [6.07, 6.45) is 0.663. The third kappa shape index (κ3) is 2.46. The van der Waals surface area contributed by atoms with Crippen LogP contribution in [0.25, 0.3) is 5.70 Å². The summed E-state index contributed by atoms with van der Waals surface area (Å²) in [5.74, 6) is -0.166. The van der Waals surface area contributed by atoms with E-state index >= 15 is 0 Å². The summed E-state index contributed by atoms with van der Waals surface area (Å²) in [7, 11) is 0. The molecule has 2 aliphatic rings. The lowest BCUT2D eigenvalue weighted by molar-refractivity contribution is -0.130. The van der Waals surface area contributed by atoms with Gasteiger partial charge in [0.05, 0.1) is 12.2 Å². The summed E-state index contributed by atoms with van der Waals surface area (Å²) < 4.78 is 0. The Labute approximate surface area is 157 Å². The molecular weight excluding hydrogens is 338 g/mol. The molecule has 0 saturated carbocycles. The molecule has 0 bridgehead atoms. The Kier molecular flexibility index (Phi) is 4.07. The predicted octanol–water partition coefficient (Wildman–Crippen LogP) is 4.14. The van der Waals surface area contributed by atoms with Crippen LogP contribution in [0.1, 0.15) is 25.0 Å². The van der Waals surface area contributed by atoms with Crippen LogP contribution in [-0.2, 0) is 16.1 Å². The van der Waals surface area contributed by atoms with Crippen molar-refractivity contribution in [2.24, 2.45) is 10.2 Å². The van der Waals surface area contributed by atoms with Crippen molar-refractivity contribution in [3.8, 4) is 0 Å². The minimum Gasteiger partial charge on any atom is -0.305 e. The van der Waals surface area contributed by atoms with Crippen LogP contribution in [0, 0.1) is 0 Å². The number of benzene rings is 2. The molecule has 0 fully saturated rings. The minimum absolute atomic E-state index is 0.166. The Morgan fingerprint density at radius 2 is 1.59 bits per heavy atom. The van der Waals surface area contributed by atoms with Gasteiger partial charge in [-0.2, -0.15) is 10.2 Å². The maximum atomic E-state index is 13.6. The number of aldehydes is 1. The molecule has 1 spiro atoms. The Balaban J connectivity index is 1.89. The van der Waals surface area contributed by atoms with E-state index < -0.39 is 5.54 Å². The van der Waals surface area contributed by atoms with Gasteiger partial charge in [-0.1, -0.05) is 60.7 Å². The number of rotatable bonds is 4. The fraction of sp³-hybridized carbons (Fsp3) is 0.182. The second-order valence-electron chi connectivity index (χ2n) is 6.76. The molecule has 134 valence electrons. The molecule has 0 aliphatic carbocycles. The number of carbonyl (C=O) groups excluding carboxylic acids is 2. The van der Waals surface area contributed by atoms with Gasteiger partial charge < -0.3 is 4.90 Å². The van der Waals surface area contributed by atoms with Crippen LogP contribution in [0.15, 0.2) is 87.7 Å². The second kappa shape index (κ2) is 6.43. The predicted molar refractivity (Wildman–Crippen MR) is 102 cm³/mol. The fourth-order valence-corrected chi connectivity index (χ4v) is 3.85. The number of azo groups is 1. The zero-order chi connectivity index (χ0) is 19.0. The summed E-state index contributed by atoms with van der Waals surface area (Å²) in [5, 5.41) is 8.30. The SMILES string of the molecule is CC1=C(C=O)N=NC12C(=O)N(Cc1ccccc1)C(c1ccccc1)=C2C. The van der Waals surface area contributed by atoms with Crippen molar-refractivity contribution >= 4 is 17.9 Å². The van der Waals surface area contributed by atoms with E-state index in [1.54, 1.807) is 11.8 Å². The standard InChI is InChI=1S/C22H19N3O2/c1-15-19(14-26)23-24-22(15)16(2)20(18-11-7-4-8-12-18)25(21(22)27)13-17-9-5-3-6-10-17/h3-12,14H,13H2,1-2H3. The quantitative estimate of drug-likeness (QED) is 0.772. The number of hydrogen-bond donors (Lipinski definition) is 0. The number of carbonyl (C=O) groups is 2. The summed E-state index contributed by atoms with van der Waals surface area (Å²) in [6.45, 7) is 4.10. The second-order valence-corrected chi connectivity index (χ2v) is 6.76. The average Bonchev–Trinajstić information content (AvgIpc) is 3.14. The highest BCUT2D eigenvalue weighted by Crippen LogP contribution is 2.48. The molecule has 1 amide bonds. The molecule has 2 aromatic carbocycles. The molecule has 4 rings (SSSR count). The van der Waals surface area contributed by atoms with E-state index in [2.05, 4.69) is 10.2 Å². The van der Waals surface area contributed by atoms with Crippen molar-refractivity contribution in [2.75, 3.05) is 0 Å². The van der Waals surface area contributed by atoms with Crippen molar-refractivity contribution in [1.29, 1.82) is 0 Å². The van der Waals surface area contributed by atoms with Crippen LogP contribution in [0.4, 0.5) is 0 Å². The Bertz CT molecular complexity index is 1010. The van der Waals surface area contributed by atoms with Gasteiger partial charge in [0.25, 0.3) is 5.91 Å². The topological polar surface area (TPSA) is 62.1 Å². The maximum Gasteiger partial charge on any atom is 0.265 e. The van der Waals surface area contributed by atoms with Gasteiger partial charge in [-0.25, -0.2) is 0 Å². The van der Waals surface area contributed by atoms with Gasteiger partial charge in [0.1, 0.15) is 5.70 Å². The molecule has 27 heavy (non-hydrogen) atoms. The Morgan fingerprint density at radius 3 is 2.19 bits per heavy atom. The van der Waals surface area contributed by atoms with Crippen LogP contribution in [0.2, 0.25) is 0 Å². The lowest BCUT2D eigenvalue weighted by Crippen LogP contribution is -2.41. The fourth-order valence-electron chi connectivity index (χ4n) is 3.85. The molecule has 2 aromatic rings. The number of nitrogens with zero attached hydrogens (tertiary/aromatic N) is 3. The lowest BCUT2D eigenvalue weighted by atomic mass is 9.84. The first-order valence-corrected chi connectivity index (χ1v) is 8.81. The maximum absolute atomic E-state index is 13.6. The molecule has 5 nitrogen and oxygen atoms in total. The van der Waals surface area contributed by atoms with Crippen LogP contribution in [0.5, 0.6) is 0 Å². The van der Waals surface area contributed by atoms with Crippen molar-refractivity contribution in [3.63, 3.8) is 0 Å². The van der Waals surface area contributed by atoms with Crippen LogP contribution >= 0.6 is 0 Å². The van der Waals surface area contributed by atoms with Gasteiger partial charge in [0.2, 0.25) is 5.54 Å². The van der Waals surface area contributed by atoms with E-state index in [0.717, 1.165) is 22.4 Å². The van der Waals surface area contributed by atoms with Gasteiger partial charge in [0.15, 0.2) is 6.29 Å². The lowest BCUT2D eigenvalue weighted by Gasteiger charge is -2.24. The molecule has 5 heteroatoms. The zero-order valence-corrected chi connectivity index (χ0v) is 15.2. The summed E-state index contributed by atoms with van der Waals surface area (Å²) in [4.78, 5) is 26.7. The summed E-state index contributed by atoms with van der Waals surface area (Å²) >= 11 is 0. The number of allylic oxidation sites excluding steroid dienone is 1. The van der Waals surface area contributed by atoms with Gasteiger partial charge in [-0.3, -0.25) is 9.59 Å². The minimum atomic E-state index is -1.21. The van der Waals surface area contributed by atoms with Crippen molar-refractivity contribution in [2.45, 2.75) is 25.9 Å². The third-order valence-corrected chi connectivity index (χ3v) is 5.30. The van der Waals surface area contributed by atoms with Crippen LogP contribution in [-0.4, -0.2) is 22.6 Å². The summed E-state index contributed by atoms with van der Waals surface area (Å²) in [6, 6.07) is 19.6. The normalized spacial score (nSPS) is 21.7. The van der Waals surface area contributed by atoms with Gasteiger partial charge in [0, 0.05) is 5.57 Å². The smallest absolute Gasteiger partial charge is 0.265 e. The molecule has 1 unspecified atom stereocenters. The summed E-state index contributed by atoms with van der Waals surface area (Å²) in [5.41, 5.74) is 3.20. The molecule has 0 N–H and O–H groups in total. The highest BCUT2D eigenvalue weighted by molar-refractivity contribution is 6.07. The van der Waals surface area contributed by atoms with Crippen LogP contribution < -0.4 is 0 Å². The number of amides is 1. The Hall–Kier alpha value is -3.34. The van der Waals surface area contributed by atoms with Crippen molar-refractivity contribution in [3.05, 3.63) is 88.6 Å². The molecule has 2 heterocycles. The van der Waals surface area contributed by atoms with E-state index in [0.29, 0.717) is 18.4 Å². The number of hydrogen-bond acceptors (Lipinski definition) is 4. The van der Waals surface area contributed by atoms with Crippen molar-refractivity contribution in [1.82, 2.24) is 4.90 Å². The van der Waals surface area contributed by atoms with E-state index in [4.69, 9.17) is 0 Å². The molecular formula is C22H19N3O2. The van der Waals surface area contributed by atoms with Crippen LogP contribution in [0.3, 0.4) is 0 Å². The third-order valence-electron chi connectivity index (χ3n) is 5.30.